The van der Waals surface area contributed by atoms with E-state index in [-0.39, 0.29) is 35.7 Å². The number of rotatable bonds is 4. The molecule has 84 valence electrons. The van der Waals surface area contributed by atoms with Crippen molar-refractivity contribution in [3.05, 3.63) is 0 Å². The molecule has 0 heterocycles. The Kier molecular flexibility index (Phi) is 17.7. The first kappa shape index (κ1) is 20.4. The Bertz CT molecular complexity index is 145. The molecule has 0 saturated carbocycles. The molecule has 0 spiro atoms. The number of hydrogen-bond acceptors (Lipinski definition) is 3. The van der Waals surface area contributed by atoms with Gasteiger partial charge in [0.2, 0.25) is 0 Å². The van der Waals surface area contributed by atoms with Gasteiger partial charge in [0.25, 0.3) is 0 Å². The predicted molar refractivity (Wildman–Crippen MR) is 57.7 cm³/mol. The van der Waals surface area contributed by atoms with Crippen molar-refractivity contribution in [3.63, 3.8) is 0 Å². The van der Waals surface area contributed by atoms with Crippen LogP contribution in [0, 0.1) is 0 Å². The van der Waals surface area contributed by atoms with Gasteiger partial charge in [0.15, 0.2) is 0 Å². The van der Waals surface area contributed by atoms with Gasteiger partial charge in [-0.05, 0) is 6.42 Å². The standard InChI is InChI=1S/C6H16N2.Na.H3O4P.H/c1-2-3-4-5-6(7)8;;1-5(2,3)4;/h6H,2-5,7-8H2,1H3;;(H3,1,2,3,4);. The van der Waals surface area contributed by atoms with Crippen molar-refractivity contribution in [3.8, 4) is 0 Å². The summed E-state index contributed by atoms with van der Waals surface area (Å²) in [6.07, 6.45) is 4.54. The molecular formula is C6H20N2NaO4P. The summed E-state index contributed by atoms with van der Waals surface area (Å²) in [7, 11) is -4.64. The fourth-order valence-corrected chi connectivity index (χ4v) is 0.630. The normalized spacial score (nSPS) is 10.2. The molecule has 0 aromatic rings. The second-order valence-electron chi connectivity index (χ2n) is 2.67. The molecule has 0 aromatic heterocycles. The van der Waals surface area contributed by atoms with E-state index in [1.807, 2.05) is 0 Å². The van der Waals surface area contributed by atoms with Crippen molar-refractivity contribution in [2.45, 2.75) is 38.8 Å². The van der Waals surface area contributed by atoms with Crippen LogP contribution in [0.4, 0.5) is 0 Å². The summed E-state index contributed by atoms with van der Waals surface area (Å²) < 4.78 is 8.88. The van der Waals surface area contributed by atoms with Crippen LogP contribution in [0.1, 0.15) is 32.6 Å². The van der Waals surface area contributed by atoms with E-state index in [0.29, 0.717) is 0 Å². The summed E-state index contributed by atoms with van der Waals surface area (Å²) in [5.74, 6) is 0. The van der Waals surface area contributed by atoms with E-state index < -0.39 is 7.82 Å². The van der Waals surface area contributed by atoms with Gasteiger partial charge in [-0.1, -0.05) is 26.2 Å². The molecule has 0 aromatic carbocycles. The van der Waals surface area contributed by atoms with Crippen LogP contribution in [0.25, 0.3) is 0 Å². The van der Waals surface area contributed by atoms with E-state index in [1.165, 1.54) is 19.3 Å². The summed E-state index contributed by atoms with van der Waals surface area (Å²) in [5.41, 5.74) is 10.6. The van der Waals surface area contributed by atoms with Gasteiger partial charge < -0.3 is 26.1 Å². The number of hydrogen-bond donors (Lipinski definition) is 5. The summed E-state index contributed by atoms with van der Waals surface area (Å²) in [4.78, 5) is 21.6. The molecule has 7 N–H and O–H groups in total. The Balaban J connectivity index is -0.000000177. The van der Waals surface area contributed by atoms with Crippen LogP contribution in [0.15, 0.2) is 0 Å². The molecule has 0 aliphatic carbocycles. The van der Waals surface area contributed by atoms with E-state index in [4.69, 9.17) is 30.7 Å². The van der Waals surface area contributed by atoms with Gasteiger partial charge >= 0.3 is 37.4 Å². The number of nitrogens with two attached hydrogens (primary N) is 2. The number of phosphoric acid groups is 1. The molecule has 0 bridgehead atoms. The van der Waals surface area contributed by atoms with Crippen LogP contribution in [0.5, 0.6) is 0 Å². The maximum atomic E-state index is 8.88. The molecule has 0 saturated heterocycles. The summed E-state index contributed by atoms with van der Waals surface area (Å²) in [6, 6.07) is 0. The molecule has 0 amide bonds. The molecule has 0 radical (unpaired) electrons. The zero-order chi connectivity index (χ0) is 10.9. The molecular weight excluding hydrogens is 218 g/mol. The van der Waals surface area contributed by atoms with Crippen molar-refractivity contribution in [1.82, 2.24) is 0 Å². The SMILES string of the molecule is CCCCCC(N)N.O=P(O)(O)O.[NaH]. The van der Waals surface area contributed by atoms with Crippen molar-refractivity contribution < 1.29 is 19.2 Å². The van der Waals surface area contributed by atoms with Gasteiger partial charge in [-0.3, -0.25) is 0 Å². The fraction of sp³-hybridized carbons (Fsp3) is 1.00. The van der Waals surface area contributed by atoms with Crippen LogP contribution in [-0.2, 0) is 4.57 Å². The fourth-order valence-electron chi connectivity index (χ4n) is 0.630. The van der Waals surface area contributed by atoms with Gasteiger partial charge in [0, 0.05) is 0 Å². The van der Waals surface area contributed by atoms with Gasteiger partial charge in [-0.25, -0.2) is 4.57 Å². The minimum absolute atomic E-state index is 0. The van der Waals surface area contributed by atoms with Crippen LogP contribution in [0.3, 0.4) is 0 Å². The van der Waals surface area contributed by atoms with Crippen LogP contribution in [0.2, 0.25) is 0 Å². The summed E-state index contributed by atoms with van der Waals surface area (Å²) in [5, 5.41) is 0. The van der Waals surface area contributed by atoms with Gasteiger partial charge in [-0.15, -0.1) is 0 Å². The minimum atomic E-state index is -4.64. The monoisotopic (exact) mass is 238 g/mol. The number of unbranched alkanes of at least 4 members (excludes halogenated alkanes) is 2. The Labute approximate surface area is 107 Å². The molecule has 6 nitrogen and oxygen atoms in total. The Hall–Kier alpha value is 1.03. The third-order valence-electron chi connectivity index (χ3n) is 1.14. The average molecular weight is 238 g/mol. The third kappa shape index (κ3) is 51.9. The molecule has 8 heteroatoms. The quantitative estimate of drug-likeness (QED) is 0.189. The Morgan fingerprint density at radius 3 is 1.79 bits per heavy atom. The zero-order valence-corrected chi connectivity index (χ0v) is 8.65. The summed E-state index contributed by atoms with van der Waals surface area (Å²) in [6.45, 7) is 2.17. The average Bonchev–Trinajstić information content (AvgIpc) is 1.83. The van der Waals surface area contributed by atoms with Crippen molar-refractivity contribution in [1.29, 1.82) is 0 Å². The van der Waals surface area contributed by atoms with Gasteiger partial charge in [-0.2, -0.15) is 0 Å². The van der Waals surface area contributed by atoms with Crippen LogP contribution < -0.4 is 11.5 Å². The van der Waals surface area contributed by atoms with Crippen molar-refractivity contribution in [2.75, 3.05) is 0 Å². The maximum absolute atomic E-state index is 8.88. The van der Waals surface area contributed by atoms with Crippen molar-refractivity contribution >= 4 is 37.4 Å². The molecule has 0 aliphatic heterocycles. The van der Waals surface area contributed by atoms with Gasteiger partial charge in [0.05, 0.1) is 6.17 Å². The molecule has 14 heavy (non-hydrogen) atoms. The second-order valence-corrected chi connectivity index (χ2v) is 3.70. The molecule has 0 fully saturated rings. The second kappa shape index (κ2) is 12.1. The molecule has 0 rings (SSSR count). The Morgan fingerprint density at radius 1 is 1.21 bits per heavy atom. The van der Waals surface area contributed by atoms with E-state index in [9.17, 15) is 0 Å². The third-order valence-corrected chi connectivity index (χ3v) is 1.14. The Morgan fingerprint density at radius 2 is 1.57 bits per heavy atom. The first-order valence-electron chi connectivity index (χ1n) is 4.06. The first-order chi connectivity index (χ1) is 5.77. The molecule has 0 unspecified atom stereocenters. The van der Waals surface area contributed by atoms with Gasteiger partial charge in [0.1, 0.15) is 0 Å². The van der Waals surface area contributed by atoms with Crippen LogP contribution in [-0.4, -0.2) is 50.4 Å². The van der Waals surface area contributed by atoms with Crippen molar-refractivity contribution in [2.24, 2.45) is 11.5 Å². The van der Waals surface area contributed by atoms with E-state index >= 15 is 0 Å². The first-order valence-corrected chi connectivity index (χ1v) is 5.63. The summed E-state index contributed by atoms with van der Waals surface area (Å²) >= 11 is 0. The molecule has 0 atom stereocenters. The zero-order valence-electron chi connectivity index (χ0n) is 7.76. The van der Waals surface area contributed by atoms with E-state index in [1.54, 1.807) is 0 Å². The van der Waals surface area contributed by atoms with Crippen LogP contribution >= 0.6 is 7.82 Å². The van der Waals surface area contributed by atoms with E-state index in [2.05, 4.69) is 6.92 Å². The van der Waals surface area contributed by atoms with E-state index in [0.717, 1.165) is 6.42 Å². The predicted octanol–water partition coefficient (Wildman–Crippen LogP) is -0.767. The molecule has 0 aliphatic rings. The topological polar surface area (TPSA) is 130 Å².